The summed E-state index contributed by atoms with van der Waals surface area (Å²) in [5, 5.41) is 12.1. The molecule has 0 saturated carbocycles. The topological polar surface area (TPSA) is 61.8 Å². The van der Waals surface area contributed by atoms with E-state index in [2.05, 4.69) is 17.1 Å². The van der Waals surface area contributed by atoms with Crippen molar-refractivity contribution in [2.24, 2.45) is 0 Å². The first-order valence-corrected chi connectivity index (χ1v) is 6.74. The van der Waals surface area contributed by atoms with Crippen LogP contribution in [-0.2, 0) is 9.53 Å². The number of rotatable bonds is 7. The highest BCUT2D eigenvalue weighted by Crippen LogP contribution is 2.23. The van der Waals surface area contributed by atoms with Gasteiger partial charge in [-0.15, -0.1) is 0 Å². The Hall–Kier alpha value is -0.650. The Kier molecular flexibility index (Phi) is 6.05. The molecule has 0 amide bonds. The molecule has 0 aromatic rings. The molecular weight excluding hydrogens is 232 g/mol. The van der Waals surface area contributed by atoms with Gasteiger partial charge in [0.1, 0.15) is 6.04 Å². The molecule has 2 atom stereocenters. The summed E-state index contributed by atoms with van der Waals surface area (Å²) in [4.78, 5) is 13.3. The lowest BCUT2D eigenvalue weighted by molar-refractivity contribution is -0.139. The van der Waals surface area contributed by atoms with E-state index in [0.717, 1.165) is 32.5 Å². The molecule has 0 spiro atoms. The van der Waals surface area contributed by atoms with Crippen LogP contribution in [-0.4, -0.2) is 60.9 Å². The van der Waals surface area contributed by atoms with E-state index in [9.17, 15) is 4.79 Å². The summed E-state index contributed by atoms with van der Waals surface area (Å²) in [6, 6.07) is -0.439. The van der Waals surface area contributed by atoms with Crippen molar-refractivity contribution in [2.75, 3.05) is 33.3 Å². The van der Waals surface area contributed by atoms with E-state index in [-0.39, 0.29) is 5.60 Å². The molecule has 1 aliphatic rings. The molecule has 0 radical (unpaired) electrons. The third kappa shape index (κ3) is 4.55. The number of nitrogens with one attached hydrogen (secondary N) is 1. The van der Waals surface area contributed by atoms with Crippen molar-refractivity contribution in [1.29, 1.82) is 0 Å². The lowest BCUT2D eigenvalue weighted by atomic mass is 9.94. The molecule has 0 aromatic carbocycles. The molecule has 2 N–H and O–H groups in total. The van der Waals surface area contributed by atoms with Gasteiger partial charge in [0.05, 0.1) is 5.60 Å². The number of likely N-dealkylation sites (tertiary alicyclic amines) is 1. The van der Waals surface area contributed by atoms with Crippen LogP contribution in [0.4, 0.5) is 0 Å². The van der Waals surface area contributed by atoms with Crippen LogP contribution in [0.5, 0.6) is 0 Å². The third-order valence-corrected chi connectivity index (χ3v) is 3.71. The molecule has 0 aromatic heterocycles. The molecule has 1 rings (SSSR count). The maximum Gasteiger partial charge on any atom is 0.320 e. The van der Waals surface area contributed by atoms with Crippen molar-refractivity contribution in [1.82, 2.24) is 10.2 Å². The Bertz CT molecular complexity index is 273. The van der Waals surface area contributed by atoms with E-state index < -0.39 is 12.0 Å². The van der Waals surface area contributed by atoms with Gasteiger partial charge in [0.25, 0.3) is 0 Å². The van der Waals surface area contributed by atoms with E-state index >= 15 is 0 Å². The summed E-state index contributed by atoms with van der Waals surface area (Å²) in [7, 11) is 1.75. The van der Waals surface area contributed by atoms with Crippen LogP contribution in [0, 0.1) is 0 Å². The minimum atomic E-state index is -0.761. The second-order valence-corrected chi connectivity index (χ2v) is 5.27. The maximum absolute atomic E-state index is 11.0. The Morgan fingerprint density at radius 1 is 1.61 bits per heavy atom. The van der Waals surface area contributed by atoms with Crippen LogP contribution in [0.1, 0.15) is 33.1 Å². The second kappa shape index (κ2) is 7.07. The minimum absolute atomic E-state index is 0.0743. The molecule has 5 heteroatoms. The highest BCUT2D eigenvalue weighted by molar-refractivity contribution is 5.73. The zero-order valence-electron chi connectivity index (χ0n) is 11.7. The smallest absolute Gasteiger partial charge is 0.320 e. The van der Waals surface area contributed by atoms with Crippen LogP contribution in [0.15, 0.2) is 0 Å². The number of ether oxygens (including phenoxy) is 1. The first-order valence-electron chi connectivity index (χ1n) is 6.74. The van der Waals surface area contributed by atoms with Crippen molar-refractivity contribution >= 4 is 5.97 Å². The van der Waals surface area contributed by atoms with Crippen molar-refractivity contribution in [3.05, 3.63) is 0 Å². The van der Waals surface area contributed by atoms with Crippen LogP contribution in [0.3, 0.4) is 0 Å². The second-order valence-electron chi connectivity index (χ2n) is 5.27. The number of methoxy groups -OCH3 is 1. The zero-order valence-corrected chi connectivity index (χ0v) is 11.7. The van der Waals surface area contributed by atoms with Gasteiger partial charge in [-0.05, 0) is 39.3 Å². The number of aliphatic carboxylic acids is 1. The molecule has 1 aliphatic heterocycles. The van der Waals surface area contributed by atoms with Gasteiger partial charge in [0.15, 0.2) is 0 Å². The van der Waals surface area contributed by atoms with Gasteiger partial charge in [-0.1, -0.05) is 6.92 Å². The summed E-state index contributed by atoms with van der Waals surface area (Å²) in [5.74, 6) is -0.761. The number of carboxylic acid groups (broad SMARTS) is 1. The molecule has 0 aliphatic carbocycles. The van der Waals surface area contributed by atoms with E-state index in [4.69, 9.17) is 9.84 Å². The molecule has 1 saturated heterocycles. The minimum Gasteiger partial charge on any atom is -0.480 e. The molecular formula is C13H26N2O3. The van der Waals surface area contributed by atoms with Crippen LogP contribution in [0.2, 0.25) is 0 Å². The highest BCUT2D eigenvalue weighted by atomic mass is 16.5. The molecule has 106 valence electrons. The summed E-state index contributed by atoms with van der Waals surface area (Å²) in [6.45, 7) is 7.48. The monoisotopic (exact) mass is 258 g/mol. The number of hydrogen-bond donors (Lipinski definition) is 2. The predicted molar refractivity (Wildman–Crippen MR) is 70.8 cm³/mol. The first kappa shape index (κ1) is 15.4. The van der Waals surface area contributed by atoms with Gasteiger partial charge in [-0.3, -0.25) is 4.79 Å². The number of nitrogens with zero attached hydrogens (tertiary/aromatic N) is 1. The van der Waals surface area contributed by atoms with Gasteiger partial charge in [0.2, 0.25) is 0 Å². The largest absolute Gasteiger partial charge is 0.480 e. The summed E-state index contributed by atoms with van der Waals surface area (Å²) in [5.41, 5.74) is -0.0743. The fraction of sp³-hybridized carbons (Fsp3) is 0.923. The fourth-order valence-corrected chi connectivity index (χ4v) is 2.54. The normalized spacial score (nSPS) is 27.1. The number of likely N-dealkylation sites (N-methyl/N-ethyl adjacent to an activating group) is 1. The Labute approximate surface area is 109 Å². The summed E-state index contributed by atoms with van der Waals surface area (Å²) in [6.07, 6.45) is 2.84. The molecule has 1 heterocycles. The predicted octanol–water partition coefficient (Wildman–Crippen LogP) is 0.940. The van der Waals surface area contributed by atoms with Crippen LogP contribution < -0.4 is 5.32 Å². The van der Waals surface area contributed by atoms with E-state index in [1.807, 2.05) is 6.92 Å². The molecule has 5 nitrogen and oxygen atoms in total. The van der Waals surface area contributed by atoms with Crippen molar-refractivity contribution < 1.29 is 14.6 Å². The number of carboxylic acids is 1. The van der Waals surface area contributed by atoms with Crippen LogP contribution >= 0.6 is 0 Å². The highest BCUT2D eigenvalue weighted by Gasteiger charge is 2.31. The van der Waals surface area contributed by atoms with Gasteiger partial charge < -0.3 is 20.1 Å². The molecule has 18 heavy (non-hydrogen) atoms. The van der Waals surface area contributed by atoms with Crippen LogP contribution in [0.25, 0.3) is 0 Å². The lowest BCUT2D eigenvalue weighted by Gasteiger charge is -2.39. The van der Waals surface area contributed by atoms with Crippen molar-refractivity contribution in [3.8, 4) is 0 Å². The van der Waals surface area contributed by atoms with Gasteiger partial charge in [-0.2, -0.15) is 0 Å². The molecule has 0 bridgehead atoms. The van der Waals surface area contributed by atoms with Crippen molar-refractivity contribution in [2.45, 2.75) is 44.8 Å². The number of carbonyl (C=O) groups is 1. The third-order valence-electron chi connectivity index (χ3n) is 3.71. The standard InChI is InChI=1S/C13H26N2O3/c1-4-14-11(12(16)17)6-9-15-8-5-7-13(2,10-15)18-3/h11,14H,4-10H2,1-3H3,(H,16,17). The fourth-order valence-electron chi connectivity index (χ4n) is 2.54. The van der Waals surface area contributed by atoms with Gasteiger partial charge in [-0.25, -0.2) is 0 Å². The average molecular weight is 258 g/mol. The zero-order chi connectivity index (χ0) is 13.6. The Morgan fingerprint density at radius 3 is 2.89 bits per heavy atom. The van der Waals surface area contributed by atoms with Gasteiger partial charge >= 0.3 is 5.97 Å². The number of piperidine rings is 1. The molecule has 2 unspecified atom stereocenters. The average Bonchev–Trinajstić information content (AvgIpc) is 2.34. The maximum atomic E-state index is 11.0. The van der Waals surface area contributed by atoms with Gasteiger partial charge in [0, 0.05) is 20.2 Å². The SMILES string of the molecule is CCNC(CCN1CCCC(C)(OC)C1)C(=O)O. The van der Waals surface area contributed by atoms with E-state index in [1.54, 1.807) is 7.11 Å². The lowest BCUT2D eigenvalue weighted by Crippen LogP contribution is -2.49. The summed E-state index contributed by atoms with van der Waals surface area (Å²) >= 11 is 0. The Balaban J connectivity index is 2.40. The Morgan fingerprint density at radius 2 is 2.33 bits per heavy atom. The molecule has 1 fully saturated rings. The summed E-state index contributed by atoms with van der Waals surface area (Å²) < 4.78 is 5.54. The van der Waals surface area contributed by atoms with E-state index in [1.165, 1.54) is 0 Å². The van der Waals surface area contributed by atoms with Crippen molar-refractivity contribution in [3.63, 3.8) is 0 Å². The quantitative estimate of drug-likeness (QED) is 0.711. The first-order chi connectivity index (χ1) is 8.50. The number of hydrogen-bond acceptors (Lipinski definition) is 4. The van der Waals surface area contributed by atoms with E-state index in [0.29, 0.717) is 13.0 Å².